The van der Waals surface area contributed by atoms with Gasteiger partial charge in [-0.15, -0.1) is 22.0 Å². The highest BCUT2D eigenvalue weighted by molar-refractivity contribution is 8.00. The molecule has 4 nitrogen and oxygen atoms in total. The van der Waals surface area contributed by atoms with Crippen LogP contribution in [0.4, 0.5) is 5.13 Å². The fourth-order valence-electron chi connectivity index (χ4n) is 2.33. The number of nitrogens with zero attached hydrogens (tertiary/aromatic N) is 2. The van der Waals surface area contributed by atoms with Crippen LogP contribution in [-0.2, 0) is 6.42 Å². The lowest BCUT2D eigenvalue weighted by atomic mass is 10.2. The topological polar surface area (TPSA) is 54.9 Å². The maximum absolute atomic E-state index is 12.6. The molecular formula is C19H18ClN3OS2. The normalized spacial score (nSPS) is 10.9. The number of carbonyl (C=O) groups is 1. The maximum atomic E-state index is 12.6. The molecule has 0 aliphatic carbocycles. The molecule has 1 heterocycles. The Morgan fingerprint density at radius 2 is 1.88 bits per heavy atom. The van der Waals surface area contributed by atoms with Crippen molar-refractivity contribution < 1.29 is 4.79 Å². The highest BCUT2D eigenvalue weighted by Crippen LogP contribution is 2.27. The van der Waals surface area contributed by atoms with E-state index in [0.717, 1.165) is 15.5 Å². The number of thioether (sulfide) groups is 1. The van der Waals surface area contributed by atoms with Crippen LogP contribution in [0.3, 0.4) is 0 Å². The number of carbonyl (C=O) groups excluding carboxylic acids is 1. The molecular weight excluding hydrogens is 386 g/mol. The first kappa shape index (κ1) is 18.9. The van der Waals surface area contributed by atoms with Crippen LogP contribution in [0.2, 0.25) is 5.02 Å². The minimum absolute atomic E-state index is 0.164. The molecule has 0 atom stereocenters. The summed E-state index contributed by atoms with van der Waals surface area (Å²) in [6, 6.07) is 15.2. The van der Waals surface area contributed by atoms with Crippen molar-refractivity contribution in [3.8, 4) is 0 Å². The monoisotopic (exact) mass is 403 g/mol. The molecule has 3 rings (SSSR count). The van der Waals surface area contributed by atoms with Crippen molar-refractivity contribution in [2.45, 2.75) is 30.4 Å². The molecule has 0 aliphatic heterocycles. The van der Waals surface area contributed by atoms with E-state index in [2.05, 4.69) is 29.4 Å². The predicted molar refractivity (Wildman–Crippen MR) is 110 cm³/mol. The number of rotatable bonds is 6. The Hall–Kier alpha value is -1.89. The fraction of sp³-hybridized carbons (Fsp3) is 0.211. The van der Waals surface area contributed by atoms with Crippen LogP contribution in [0.5, 0.6) is 0 Å². The Balaban J connectivity index is 1.69. The average Bonchev–Trinajstić information content (AvgIpc) is 3.04. The Morgan fingerprint density at radius 3 is 2.62 bits per heavy atom. The largest absolute Gasteiger partial charge is 0.296 e. The molecule has 0 unspecified atom stereocenters. The summed E-state index contributed by atoms with van der Waals surface area (Å²) >= 11 is 8.95. The van der Waals surface area contributed by atoms with Gasteiger partial charge >= 0.3 is 0 Å². The molecule has 0 fully saturated rings. The molecule has 7 heteroatoms. The van der Waals surface area contributed by atoms with Crippen LogP contribution in [0, 0.1) is 0 Å². The number of hydrogen-bond acceptors (Lipinski definition) is 5. The number of halogens is 1. The smallest absolute Gasteiger partial charge is 0.258 e. The van der Waals surface area contributed by atoms with Gasteiger partial charge in [0.2, 0.25) is 5.13 Å². The highest BCUT2D eigenvalue weighted by atomic mass is 35.5. The third kappa shape index (κ3) is 5.06. The molecule has 0 aliphatic rings. The first-order valence-corrected chi connectivity index (χ1v) is 10.2. The maximum Gasteiger partial charge on any atom is 0.258 e. The van der Waals surface area contributed by atoms with E-state index in [1.165, 1.54) is 11.3 Å². The average molecular weight is 404 g/mol. The number of anilines is 1. The van der Waals surface area contributed by atoms with Gasteiger partial charge in [-0.1, -0.05) is 61.1 Å². The summed E-state index contributed by atoms with van der Waals surface area (Å²) in [6.07, 6.45) is 0.657. The molecule has 2 aromatic carbocycles. The summed E-state index contributed by atoms with van der Waals surface area (Å²) in [6.45, 7) is 4.21. The molecule has 1 N–H and O–H groups in total. The van der Waals surface area contributed by atoms with Gasteiger partial charge in [-0.25, -0.2) is 0 Å². The second-order valence-electron chi connectivity index (χ2n) is 5.92. The van der Waals surface area contributed by atoms with E-state index in [4.69, 9.17) is 11.6 Å². The van der Waals surface area contributed by atoms with Gasteiger partial charge in [0.05, 0.1) is 5.56 Å². The van der Waals surface area contributed by atoms with Gasteiger partial charge in [-0.05, 0) is 29.8 Å². The third-order valence-corrected chi connectivity index (χ3v) is 5.62. The first-order valence-electron chi connectivity index (χ1n) is 8.15. The first-order chi connectivity index (χ1) is 12.5. The van der Waals surface area contributed by atoms with Crippen LogP contribution in [0.1, 0.15) is 34.8 Å². The van der Waals surface area contributed by atoms with E-state index in [0.29, 0.717) is 27.4 Å². The lowest BCUT2D eigenvalue weighted by Crippen LogP contribution is -2.13. The minimum atomic E-state index is -0.164. The van der Waals surface area contributed by atoms with Gasteiger partial charge in [0.25, 0.3) is 5.91 Å². The van der Waals surface area contributed by atoms with Gasteiger partial charge < -0.3 is 0 Å². The third-order valence-electron chi connectivity index (χ3n) is 3.45. The van der Waals surface area contributed by atoms with Gasteiger partial charge in [-0.3, -0.25) is 10.1 Å². The molecule has 1 aromatic heterocycles. The van der Waals surface area contributed by atoms with E-state index in [1.807, 2.05) is 48.5 Å². The van der Waals surface area contributed by atoms with E-state index >= 15 is 0 Å². The number of benzene rings is 2. The Morgan fingerprint density at radius 1 is 1.15 bits per heavy atom. The summed E-state index contributed by atoms with van der Waals surface area (Å²) < 4.78 is 0. The van der Waals surface area contributed by atoms with Crippen molar-refractivity contribution in [2.75, 3.05) is 5.32 Å². The second kappa shape index (κ2) is 8.66. The zero-order valence-corrected chi connectivity index (χ0v) is 16.8. The van der Waals surface area contributed by atoms with Gasteiger partial charge in [0, 0.05) is 21.6 Å². The van der Waals surface area contributed by atoms with Crippen molar-refractivity contribution in [3.63, 3.8) is 0 Å². The number of nitrogens with one attached hydrogen (secondary N) is 1. The Labute approximate surface area is 166 Å². The second-order valence-corrected chi connectivity index (χ2v) is 9.04. The number of amides is 1. The molecule has 0 saturated carbocycles. The van der Waals surface area contributed by atoms with E-state index in [9.17, 15) is 4.79 Å². The van der Waals surface area contributed by atoms with Crippen LogP contribution in [0.25, 0.3) is 0 Å². The summed E-state index contributed by atoms with van der Waals surface area (Å²) in [5.41, 5.74) is 1.75. The lowest BCUT2D eigenvalue weighted by molar-refractivity contribution is 0.102. The van der Waals surface area contributed by atoms with Crippen molar-refractivity contribution in [2.24, 2.45) is 0 Å². The molecule has 26 heavy (non-hydrogen) atoms. The van der Waals surface area contributed by atoms with Crippen LogP contribution in [0.15, 0.2) is 53.4 Å². The SMILES string of the molecule is CC(C)Sc1ccccc1C(=O)Nc1nnc(Cc2ccc(Cl)cc2)s1. The molecule has 3 aromatic rings. The molecule has 0 radical (unpaired) electrons. The molecule has 134 valence electrons. The van der Waals surface area contributed by atoms with Crippen LogP contribution < -0.4 is 5.32 Å². The quantitative estimate of drug-likeness (QED) is 0.549. The van der Waals surface area contributed by atoms with Gasteiger partial charge in [0.1, 0.15) is 5.01 Å². The standard InChI is InChI=1S/C19H18ClN3OS2/c1-12(2)25-16-6-4-3-5-15(16)18(24)21-19-23-22-17(26-19)11-13-7-9-14(20)10-8-13/h3-10,12H,11H2,1-2H3,(H,21,23,24). The van der Waals surface area contributed by atoms with Gasteiger partial charge in [0.15, 0.2) is 0 Å². The van der Waals surface area contributed by atoms with Crippen molar-refractivity contribution in [1.29, 1.82) is 0 Å². The Bertz CT molecular complexity index is 894. The summed E-state index contributed by atoms with van der Waals surface area (Å²) in [5.74, 6) is -0.164. The number of aromatic nitrogens is 2. The Kier molecular flexibility index (Phi) is 6.29. The van der Waals surface area contributed by atoms with Crippen LogP contribution >= 0.6 is 34.7 Å². The lowest BCUT2D eigenvalue weighted by Gasteiger charge is -2.10. The zero-order valence-electron chi connectivity index (χ0n) is 14.4. The molecule has 0 spiro atoms. The highest BCUT2D eigenvalue weighted by Gasteiger charge is 2.15. The molecule has 1 amide bonds. The summed E-state index contributed by atoms with van der Waals surface area (Å²) in [4.78, 5) is 13.6. The summed E-state index contributed by atoms with van der Waals surface area (Å²) in [7, 11) is 0. The van der Waals surface area contributed by atoms with E-state index < -0.39 is 0 Å². The van der Waals surface area contributed by atoms with Crippen molar-refractivity contribution in [1.82, 2.24) is 10.2 Å². The zero-order chi connectivity index (χ0) is 18.5. The predicted octanol–water partition coefficient (Wildman–Crippen LogP) is 5.54. The summed E-state index contributed by atoms with van der Waals surface area (Å²) in [5, 5.41) is 13.6. The number of hydrogen-bond donors (Lipinski definition) is 1. The minimum Gasteiger partial charge on any atom is -0.296 e. The van der Waals surface area contributed by atoms with Gasteiger partial charge in [-0.2, -0.15) is 0 Å². The van der Waals surface area contributed by atoms with E-state index in [-0.39, 0.29) is 5.91 Å². The van der Waals surface area contributed by atoms with Crippen molar-refractivity contribution >= 4 is 45.7 Å². The fourth-order valence-corrected chi connectivity index (χ4v) is 4.18. The van der Waals surface area contributed by atoms with Crippen molar-refractivity contribution in [3.05, 3.63) is 69.7 Å². The molecule has 0 bridgehead atoms. The van der Waals surface area contributed by atoms with Crippen LogP contribution in [-0.4, -0.2) is 21.4 Å². The molecule has 0 saturated heterocycles. The van der Waals surface area contributed by atoms with E-state index in [1.54, 1.807) is 11.8 Å².